The van der Waals surface area contributed by atoms with Crippen molar-refractivity contribution < 1.29 is 22.4 Å². The molecule has 0 radical (unpaired) electrons. The van der Waals surface area contributed by atoms with Crippen LogP contribution < -0.4 is 4.31 Å². The molecule has 154 valence electrons. The van der Waals surface area contributed by atoms with Crippen LogP contribution in [0.2, 0.25) is 0 Å². The van der Waals surface area contributed by atoms with Crippen molar-refractivity contribution in [1.82, 2.24) is 9.80 Å². The van der Waals surface area contributed by atoms with Gasteiger partial charge in [-0.05, 0) is 43.2 Å². The van der Waals surface area contributed by atoms with Crippen LogP contribution in [0.4, 0.5) is 5.69 Å². The molecule has 2 fully saturated rings. The number of piperazine rings is 1. The third-order valence-electron chi connectivity index (χ3n) is 5.32. The Bertz CT molecular complexity index is 995. The quantitative estimate of drug-likeness (QED) is 0.760. The molecule has 0 saturated carbocycles. The van der Waals surface area contributed by atoms with E-state index in [1.807, 2.05) is 0 Å². The Hall–Kier alpha value is -2.81. The topological polar surface area (TPSA) is 91.1 Å². The largest absolute Gasteiger partial charge is 0.459 e. The summed E-state index contributed by atoms with van der Waals surface area (Å²) in [6.45, 7) is 2.11. The van der Waals surface area contributed by atoms with Crippen LogP contribution in [-0.4, -0.2) is 68.5 Å². The van der Waals surface area contributed by atoms with Crippen LogP contribution in [0.25, 0.3) is 0 Å². The molecule has 2 saturated heterocycles. The Kier molecular flexibility index (Phi) is 5.31. The van der Waals surface area contributed by atoms with E-state index < -0.39 is 10.0 Å². The first-order valence-corrected chi connectivity index (χ1v) is 11.3. The smallest absolute Gasteiger partial charge is 0.289 e. The number of carbonyl (C=O) groups excluding carboxylic acids is 2. The number of anilines is 1. The van der Waals surface area contributed by atoms with Crippen molar-refractivity contribution >= 4 is 27.5 Å². The maximum Gasteiger partial charge on any atom is 0.289 e. The van der Waals surface area contributed by atoms with Crippen LogP contribution >= 0.6 is 0 Å². The van der Waals surface area contributed by atoms with E-state index in [9.17, 15) is 18.0 Å². The molecule has 1 aromatic heterocycles. The Balaban J connectivity index is 1.43. The van der Waals surface area contributed by atoms with E-state index in [-0.39, 0.29) is 17.6 Å². The van der Waals surface area contributed by atoms with Crippen molar-refractivity contribution in [2.75, 3.05) is 42.8 Å². The van der Waals surface area contributed by atoms with Crippen LogP contribution in [0, 0.1) is 0 Å². The lowest BCUT2D eigenvalue weighted by Crippen LogP contribution is -2.50. The average Bonchev–Trinajstić information content (AvgIpc) is 3.27. The van der Waals surface area contributed by atoms with Gasteiger partial charge in [-0.2, -0.15) is 0 Å². The standard InChI is InChI=1S/C20H23N3O5S/c24-19(21-9-11-22(12-10-21)20(25)18-7-4-13-28-18)16-5-3-6-17(15-16)23-8-1-2-14-29(23,26)27/h3-7,13,15H,1-2,8-12,14H2. The minimum Gasteiger partial charge on any atom is -0.459 e. The molecule has 2 aliphatic heterocycles. The molecule has 8 nitrogen and oxygen atoms in total. The highest BCUT2D eigenvalue weighted by atomic mass is 32.2. The van der Waals surface area contributed by atoms with E-state index >= 15 is 0 Å². The molecule has 0 N–H and O–H groups in total. The molecular weight excluding hydrogens is 394 g/mol. The third-order valence-corrected chi connectivity index (χ3v) is 7.19. The molecule has 1 aromatic carbocycles. The predicted octanol–water partition coefficient (Wildman–Crippen LogP) is 1.81. The summed E-state index contributed by atoms with van der Waals surface area (Å²) in [4.78, 5) is 28.6. The Labute approximate surface area is 169 Å². The molecule has 2 amide bonds. The van der Waals surface area contributed by atoms with Crippen LogP contribution in [0.3, 0.4) is 0 Å². The molecule has 2 aliphatic rings. The minimum absolute atomic E-state index is 0.136. The van der Waals surface area contributed by atoms with Gasteiger partial charge in [-0.15, -0.1) is 0 Å². The molecule has 9 heteroatoms. The highest BCUT2D eigenvalue weighted by Gasteiger charge is 2.29. The van der Waals surface area contributed by atoms with Gasteiger partial charge < -0.3 is 14.2 Å². The van der Waals surface area contributed by atoms with Crippen LogP contribution in [0.1, 0.15) is 33.8 Å². The minimum atomic E-state index is -3.33. The Morgan fingerprint density at radius 2 is 1.59 bits per heavy atom. The molecule has 3 heterocycles. The van der Waals surface area contributed by atoms with Gasteiger partial charge in [0.15, 0.2) is 5.76 Å². The van der Waals surface area contributed by atoms with Gasteiger partial charge in [0.1, 0.15) is 0 Å². The number of hydrogen-bond donors (Lipinski definition) is 0. The maximum absolute atomic E-state index is 12.9. The Morgan fingerprint density at radius 3 is 2.24 bits per heavy atom. The number of rotatable bonds is 3. The van der Waals surface area contributed by atoms with E-state index in [4.69, 9.17) is 4.42 Å². The van der Waals surface area contributed by atoms with Crippen LogP contribution in [0.15, 0.2) is 47.1 Å². The second-order valence-electron chi connectivity index (χ2n) is 7.21. The van der Waals surface area contributed by atoms with Gasteiger partial charge >= 0.3 is 0 Å². The summed E-state index contributed by atoms with van der Waals surface area (Å²) >= 11 is 0. The summed E-state index contributed by atoms with van der Waals surface area (Å²) in [5, 5.41) is 0. The highest BCUT2D eigenvalue weighted by molar-refractivity contribution is 7.92. The Morgan fingerprint density at radius 1 is 0.862 bits per heavy atom. The first-order chi connectivity index (χ1) is 14.0. The first kappa shape index (κ1) is 19.5. The lowest BCUT2D eigenvalue weighted by atomic mass is 10.1. The molecule has 0 atom stereocenters. The van der Waals surface area contributed by atoms with Crippen molar-refractivity contribution in [2.45, 2.75) is 12.8 Å². The number of hydrogen-bond acceptors (Lipinski definition) is 5. The summed E-state index contributed by atoms with van der Waals surface area (Å²) in [7, 11) is -3.33. The maximum atomic E-state index is 12.9. The molecule has 2 aromatic rings. The van der Waals surface area contributed by atoms with Gasteiger partial charge in [-0.25, -0.2) is 8.42 Å². The van der Waals surface area contributed by atoms with E-state index in [2.05, 4.69) is 0 Å². The summed E-state index contributed by atoms with van der Waals surface area (Å²) < 4.78 is 31.2. The number of benzene rings is 1. The van der Waals surface area contributed by atoms with Gasteiger partial charge in [0.25, 0.3) is 11.8 Å². The number of furan rings is 1. The van der Waals surface area contributed by atoms with Crippen molar-refractivity contribution in [3.8, 4) is 0 Å². The number of carbonyl (C=O) groups is 2. The van der Waals surface area contributed by atoms with E-state index in [1.54, 1.807) is 46.2 Å². The second kappa shape index (κ2) is 7.90. The van der Waals surface area contributed by atoms with Gasteiger partial charge in [0.05, 0.1) is 17.7 Å². The van der Waals surface area contributed by atoms with Crippen molar-refractivity contribution in [2.24, 2.45) is 0 Å². The second-order valence-corrected chi connectivity index (χ2v) is 9.22. The zero-order valence-electron chi connectivity index (χ0n) is 16.0. The fourth-order valence-corrected chi connectivity index (χ4v) is 5.36. The zero-order chi connectivity index (χ0) is 20.4. The lowest BCUT2D eigenvalue weighted by Gasteiger charge is -2.34. The summed E-state index contributed by atoms with van der Waals surface area (Å²) in [6, 6.07) is 10.1. The number of nitrogens with zero attached hydrogens (tertiary/aromatic N) is 3. The van der Waals surface area contributed by atoms with Crippen molar-refractivity contribution in [3.63, 3.8) is 0 Å². The fourth-order valence-electron chi connectivity index (χ4n) is 3.72. The highest BCUT2D eigenvalue weighted by Crippen LogP contribution is 2.25. The van der Waals surface area contributed by atoms with E-state index in [1.165, 1.54) is 10.6 Å². The average molecular weight is 417 g/mol. The monoisotopic (exact) mass is 417 g/mol. The van der Waals surface area contributed by atoms with Gasteiger partial charge in [-0.1, -0.05) is 6.07 Å². The lowest BCUT2D eigenvalue weighted by molar-refractivity contribution is 0.0518. The van der Waals surface area contributed by atoms with E-state index in [0.717, 1.165) is 6.42 Å². The van der Waals surface area contributed by atoms with Crippen molar-refractivity contribution in [3.05, 3.63) is 54.0 Å². The fraction of sp³-hybridized carbons (Fsp3) is 0.400. The van der Waals surface area contributed by atoms with Crippen LogP contribution in [-0.2, 0) is 10.0 Å². The summed E-state index contributed by atoms with van der Waals surface area (Å²) in [5.74, 6) is 0.0857. The normalized spacial score (nSPS) is 19.2. The van der Waals surface area contributed by atoms with Gasteiger partial charge in [-0.3, -0.25) is 13.9 Å². The predicted molar refractivity (Wildman–Crippen MR) is 107 cm³/mol. The van der Waals surface area contributed by atoms with Gasteiger partial charge in [0, 0.05) is 38.3 Å². The molecular formula is C20H23N3O5S. The molecule has 0 unspecified atom stereocenters. The summed E-state index contributed by atoms with van der Waals surface area (Å²) in [6.07, 6.45) is 2.93. The molecule has 29 heavy (non-hydrogen) atoms. The summed E-state index contributed by atoms with van der Waals surface area (Å²) in [5.41, 5.74) is 0.983. The third kappa shape index (κ3) is 4.00. The zero-order valence-corrected chi connectivity index (χ0v) is 16.8. The molecule has 0 aliphatic carbocycles. The molecule has 4 rings (SSSR count). The SMILES string of the molecule is O=C(c1cccc(N2CCCCS2(=O)=O)c1)N1CCN(C(=O)c2ccco2)CC1. The van der Waals surface area contributed by atoms with E-state index in [0.29, 0.717) is 56.2 Å². The first-order valence-electron chi connectivity index (χ1n) is 9.68. The number of amides is 2. The van der Waals surface area contributed by atoms with Crippen LogP contribution in [0.5, 0.6) is 0 Å². The molecule has 0 spiro atoms. The van der Waals surface area contributed by atoms with Gasteiger partial charge in [0.2, 0.25) is 10.0 Å². The molecule has 0 bridgehead atoms. The number of sulfonamides is 1. The van der Waals surface area contributed by atoms with Crippen molar-refractivity contribution in [1.29, 1.82) is 0 Å².